The van der Waals surface area contributed by atoms with Crippen LogP contribution in [0, 0.1) is 5.92 Å². The number of nitrogens with zero attached hydrogens (tertiary/aromatic N) is 3. The van der Waals surface area contributed by atoms with Crippen molar-refractivity contribution in [3.8, 4) is 0 Å². The van der Waals surface area contributed by atoms with Crippen LogP contribution in [0.5, 0.6) is 0 Å². The Kier molecular flexibility index (Phi) is 5.88. The van der Waals surface area contributed by atoms with E-state index in [0.717, 1.165) is 37.9 Å². The third kappa shape index (κ3) is 4.80. The highest BCUT2D eigenvalue weighted by Crippen LogP contribution is 2.19. The SMILES string of the molecule is CC(C)Cc1ccc(S(=O)(=O)NC2CCN(c3ncccn3)CC2)cc1. The van der Waals surface area contributed by atoms with Gasteiger partial charge in [-0.15, -0.1) is 0 Å². The average Bonchev–Trinajstić information content (AvgIpc) is 2.63. The molecule has 0 aliphatic carbocycles. The Labute approximate surface area is 155 Å². The number of hydrogen-bond acceptors (Lipinski definition) is 5. The molecule has 1 fully saturated rings. The fourth-order valence-electron chi connectivity index (χ4n) is 3.22. The largest absolute Gasteiger partial charge is 0.341 e. The third-order valence-electron chi connectivity index (χ3n) is 4.53. The van der Waals surface area contributed by atoms with Crippen LogP contribution in [0.4, 0.5) is 5.95 Å². The number of piperidine rings is 1. The van der Waals surface area contributed by atoms with E-state index in [1.807, 2.05) is 12.1 Å². The van der Waals surface area contributed by atoms with Crippen molar-refractivity contribution >= 4 is 16.0 Å². The first kappa shape index (κ1) is 18.8. The second-order valence-corrected chi connectivity index (χ2v) is 8.89. The average molecular weight is 375 g/mol. The van der Waals surface area contributed by atoms with Gasteiger partial charge in [0.25, 0.3) is 0 Å². The van der Waals surface area contributed by atoms with E-state index in [1.54, 1.807) is 30.6 Å². The van der Waals surface area contributed by atoms with Gasteiger partial charge in [-0.25, -0.2) is 23.1 Å². The molecule has 1 aromatic carbocycles. The lowest BCUT2D eigenvalue weighted by Gasteiger charge is -2.32. The van der Waals surface area contributed by atoms with E-state index in [1.165, 1.54) is 0 Å². The Morgan fingerprint density at radius 2 is 1.73 bits per heavy atom. The maximum absolute atomic E-state index is 12.6. The fraction of sp³-hybridized carbons (Fsp3) is 0.474. The lowest BCUT2D eigenvalue weighted by molar-refractivity contribution is 0.456. The van der Waals surface area contributed by atoms with E-state index in [0.29, 0.717) is 16.8 Å². The summed E-state index contributed by atoms with van der Waals surface area (Å²) in [6.45, 7) is 5.78. The number of sulfonamides is 1. The molecule has 1 saturated heterocycles. The number of aromatic nitrogens is 2. The van der Waals surface area contributed by atoms with E-state index in [4.69, 9.17) is 0 Å². The quantitative estimate of drug-likeness (QED) is 0.841. The van der Waals surface area contributed by atoms with Crippen molar-refractivity contribution in [1.82, 2.24) is 14.7 Å². The molecule has 140 valence electrons. The number of benzene rings is 1. The minimum Gasteiger partial charge on any atom is -0.341 e. The molecular weight excluding hydrogens is 348 g/mol. The summed E-state index contributed by atoms with van der Waals surface area (Å²) < 4.78 is 28.1. The molecule has 2 heterocycles. The third-order valence-corrected chi connectivity index (χ3v) is 6.07. The second kappa shape index (κ2) is 8.14. The molecule has 0 bridgehead atoms. The normalized spacial score (nSPS) is 16.2. The van der Waals surface area contributed by atoms with Gasteiger partial charge in [0, 0.05) is 31.5 Å². The molecular formula is C19H26N4O2S. The van der Waals surface area contributed by atoms with E-state index in [-0.39, 0.29) is 6.04 Å². The maximum atomic E-state index is 12.6. The second-order valence-electron chi connectivity index (χ2n) is 7.17. The molecule has 0 amide bonds. The summed E-state index contributed by atoms with van der Waals surface area (Å²) in [4.78, 5) is 10.9. The first-order valence-corrected chi connectivity index (χ1v) is 10.6. The molecule has 7 heteroatoms. The van der Waals surface area contributed by atoms with E-state index in [2.05, 4.69) is 33.4 Å². The standard InChI is InChI=1S/C19H26N4O2S/c1-15(2)14-16-4-6-18(7-5-16)26(24,25)22-17-8-12-23(13-9-17)19-20-10-3-11-21-19/h3-7,10-11,15,17,22H,8-9,12-14H2,1-2H3. The molecule has 1 aliphatic heterocycles. The molecule has 26 heavy (non-hydrogen) atoms. The Balaban J connectivity index is 1.58. The van der Waals surface area contributed by atoms with Gasteiger partial charge in [0.05, 0.1) is 4.90 Å². The first-order valence-electron chi connectivity index (χ1n) is 9.07. The van der Waals surface area contributed by atoms with Gasteiger partial charge in [0.2, 0.25) is 16.0 Å². The lowest BCUT2D eigenvalue weighted by atomic mass is 10.0. The molecule has 0 atom stereocenters. The number of anilines is 1. The summed E-state index contributed by atoms with van der Waals surface area (Å²) in [6, 6.07) is 8.94. The summed E-state index contributed by atoms with van der Waals surface area (Å²) in [7, 11) is -3.49. The number of hydrogen-bond donors (Lipinski definition) is 1. The van der Waals surface area contributed by atoms with Crippen molar-refractivity contribution < 1.29 is 8.42 Å². The van der Waals surface area contributed by atoms with Gasteiger partial charge in [0.1, 0.15) is 0 Å². The fourth-order valence-corrected chi connectivity index (χ4v) is 4.52. The molecule has 2 aromatic rings. The molecule has 0 saturated carbocycles. The van der Waals surface area contributed by atoms with Crippen molar-refractivity contribution in [1.29, 1.82) is 0 Å². The van der Waals surface area contributed by atoms with Crippen LogP contribution in [0.15, 0.2) is 47.6 Å². The van der Waals surface area contributed by atoms with E-state index >= 15 is 0 Å². The maximum Gasteiger partial charge on any atom is 0.240 e. The monoisotopic (exact) mass is 374 g/mol. The van der Waals surface area contributed by atoms with Crippen LogP contribution in [-0.2, 0) is 16.4 Å². The van der Waals surface area contributed by atoms with Gasteiger partial charge in [0.15, 0.2) is 0 Å². The van der Waals surface area contributed by atoms with Crippen LogP contribution in [-0.4, -0.2) is 37.5 Å². The number of nitrogens with one attached hydrogen (secondary N) is 1. The molecule has 1 N–H and O–H groups in total. The highest BCUT2D eigenvalue weighted by Gasteiger charge is 2.25. The smallest absolute Gasteiger partial charge is 0.240 e. The van der Waals surface area contributed by atoms with Gasteiger partial charge < -0.3 is 4.90 Å². The Morgan fingerprint density at radius 3 is 2.31 bits per heavy atom. The van der Waals surface area contributed by atoms with Crippen LogP contribution < -0.4 is 9.62 Å². The van der Waals surface area contributed by atoms with Gasteiger partial charge in [-0.2, -0.15) is 0 Å². The van der Waals surface area contributed by atoms with E-state index < -0.39 is 10.0 Å². The minimum atomic E-state index is -3.49. The summed E-state index contributed by atoms with van der Waals surface area (Å²) in [5, 5.41) is 0. The van der Waals surface area contributed by atoms with Crippen molar-refractivity contribution in [3.05, 3.63) is 48.3 Å². The zero-order valence-electron chi connectivity index (χ0n) is 15.3. The molecule has 3 rings (SSSR count). The predicted molar refractivity (Wildman–Crippen MR) is 103 cm³/mol. The highest BCUT2D eigenvalue weighted by molar-refractivity contribution is 7.89. The Morgan fingerprint density at radius 1 is 1.12 bits per heavy atom. The predicted octanol–water partition coefficient (Wildman–Crippen LogP) is 2.62. The van der Waals surface area contributed by atoms with Gasteiger partial charge >= 0.3 is 0 Å². The molecule has 0 radical (unpaired) electrons. The molecule has 0 spiro atoms. The topological polar surface area (TPSA) is 75.2 Å². The van der Waals surface area contributed by atoms with Gasteiger partial charge in [-0.3, -0.25) is 0 Å². The zero-order chi connectivity index (χ0) is 18.6. The van der Waals surface area contributed by atoms with Crippen LogP contribution in [0.25, 0.3) is 0 Å². The number of rotatable bonds is 6. The summed E-state index contributed by atoms with van der Waals surface area (Å²) in [5.74, 6) is 1.25. The summed E-state index contributed by atoms with van der Waals surface area (Å²) in [5.41, 5.74) is 1.16. The lowest BCUT2D eigenvalue weighted by Crippen LogP contribution is -2.45. The first-order chi connectivity index (χ1) is 12.4. The molecule has 1 aliphatic rings. The van der Waals surface area contributed by atoms with Crippen molar-refractivity contribution in [2.45, 2.75) is 44.0 Å². The van der Waals surface area contributed by atoms with Crippen LogP contribution in [0.2, 0.25) is 0 Å². The van der Waals surface area contributed by atoms with Crippen molar-refractivity contribution in [2.75, 3.05) is 18.0 Å². The zero-order valence-corrected chi connectivity index (χ0v) is 16.1. The van der Waals surface area contributed by atoms with Gasteiger partial charge in [-0.1, -0.05) is 26.0 Å². The molecule has 1 aromatic heterocycles. The minimum absolute atomic E-state index is 0.0599. The van der Waals surface area contributed by atoms with Crippen LogP contribution in [0.3, 0.4) is 0 Å². The summed E-state index contributed by atoms with van der Waals surface area (Å²) in [6.07, 6.45) is 5.87. The molecule has 0 unspecified atom stereocenters. The molecule has 6 nitrogen and oxygen atoms in total. The van der Waals surface area contributed by atoms with Crippen LogP contribution >= 0.6 is 0 Å². The highest BCUT2D eigenvalue weighted by atomic mass is 32.2. The summed E-state index contributed by atoms with van der Waals surface area (Å²) >= 11 is 0. The van der Waals surface area contributed by atoms with Crippen LogP contribution in [0.1, 0.15) is 32.3 Å². The van der Waals surface area contributed by atoms with Crippen molar-refractivity contribution in [2.24, 2.45) is 5.92 Å². The van der Waals surface area contributed by atoms with E-state index in [9.17, 15) is 8.42 Å². The Bertz CT molecular complexity index is 799. The van der Waals surface area contributed by atoms with Gasteiger partial charge in [-0.05, 0) is 48.9 Å². The van der Waals surface area contributed by atoms with Crippen molar-refractivity contribution in [3.63, 3.8) is 0 Å². The Hall–Kier alpha value is -1.99.